The Kier molecular flexibility index (Phi) is 5.72. The SMILES string of the molecule is CCOC(=O)N1CCN(c2nc3c(c(=O)n(C)c(=O)n3C)n2Cc2ccc(F)cc2)CC1. The second kappa shape index (κ2) is 8.48. The van der Waals surface area contributed by atoms with Gasteiger partial charge in [0.05, 0.1) is 13.2 Å². The molecule has 1 saturated heterocycles. The van der Waals surface area contributed by atoms with Gasteiger partial charge in [0.1, 0.15) is 5.82 Å². The summed E-state index contributed by atoms with van der Waals surface area (Å²) in [5.74, 6) is 0.170. The number of hydrogen-bond donors (Lipinski definition) is 0. The predicted molar refractivity (Wildman–Crippen MR) is 117 cm³/mol. The van der Waals surface area contributed by atoms with Crippen LogP contribution in [-0.4, -0.2) is 62.5 Å². The van der Waals surface area contributed by atoms with Crippen molar-refractivity contribution in [1.29, 1.82) is 0 Å². The van der Waals surface area contributed by atoms with Crippen LogP contribution in [0.1, 0.15) is 12.5 Å². The van der Waals surface area contributed by atoms with Crippen molar-refractivity contribution < 1.29 is 13.9 Å². The summed E-state index contributed by atoms with van der Waals surface area (Å²) in [4.78, 5) is 45.7. The molecule has 4 rings (SSSR count). The quantitative estimate of drug-likeness (QED) is 0.594. The van der Waals surface area contributed by atoms with Crippen LogP contribution in [0.2, 0.25) is 0 Å². The molecule has 0 saturated carbocycles. The van der Waals surface area contributed by atoms with E-state index in [1.54, 1.807) is 35.6 Å². The van der Waals surface area contributed by atoms with Crippen LogP contribution >= 0.6 is 0 Å². The Morgan fingerprint density at radius 1 is 1.06 bits per heavy atom. The average molecular weight is 444 g/mol. The van der Waals surface area contributed by atoms with Gasteiger partial charge in [-0.3, -0.25) is 18.5 Å². The molecule has 2 aromatic heterocycles. The van der Waals surface area contributed by atoms with E-state index in [1.807, 2.05) is 4.90 Å². The lowest BCUT2D eigenvalue weighted by Gasteiger charge is -2.34. The van der Waals surface area contributed by atoms with Gasteiger partial charge >= 0.3 is 11.8 Å². The highest BCUT2D eigenvalue weighted by molar-refractivity contribution is 5.75. The number of aryl methyl sites for hydroxylation is 1. The molecule has 1 aromatic carbocycles. The van der Waals surface area contributed by atoms with Gasteiger partial charge in [0, 0.05) is 40.3 Å². The molecule has 0 aliphatic carbocycles. The summed E-state index contributed by atoms with van der Waals surface area (Å²) < 4.78 is 22.6. The number of ether oxygens (including phenoxy) is 1. The third-order valence-corrected chi connectivity index (χ3v) is 5.67. The molecule has 0 spiro atoms. The molecule has 32 heavy (non-hydrogen) atoms. The molecule has 0 N–H and O–H groups in total. The van der Waals surface area contributed by atoms with Crippen molar-refractivity contribution in [2.75, 3.05) is 37.7 Å². The normalized spacial score (nSPS) is 14.2. The Morgan fingerprint density at radius 2 is 1.72 bits per heavy atom. The Balaban J connectivity index is 1.78. The number of nitrogens with zero attached hydrogens (tertiary/aromatic N) is 6. The maximum absolute atomic E-state index is 13.4. The van der Waals surface area contributed by atoms with E-state index in [-0.39, 0.29) is 24.1 Å². The molecule has 1 fully saturated rings. The van der Waals surface area contributed by atoms with Gasteiger partial charge in [-0.1, -0.05) is 12.1 Å². The lowest BCUT2D eigenvalue weighted by atomic mass is 10.2. The second-order valence-electron chi connectivity index (χ2n) is 7.68. The Labute approximate surface area is 183 Å². The molecule has 0 radical (unpaired) electrons. The molecule has 0 bridgehead atoms. The van der Waals surface area contributed by atoms with Crippen molar-refractivity contribution in [2.45, 2.75) is 13.5 Å². The monoisotopic (exact) mass is 444 g/mol. The van der Waals surface area contributed by atoms with Gasteiger partial charge in [-0.2, -0.15) is 4.98 Å². The maximum atomic E-state index is 13.4. The number of aromatic nitrogens is 4. The Bertz CT molecular complexity index is 1270. The Hall–Kier alpha value is -3.63. The molecule has 3 heterocycles. The zero-order valence-corrected chi connectivity index (χ0v) is 18.2. The zero-order valence-electron chi connectivity index (χ0n) is 18.2. The predicted octanol–water partition coefficient (Wildman–Crippen LogP) is 0.900. The number of piperazine rings is 1. The first kappa shape index (κ1) is 21.6. The summed E-state index contributed by atoms with van der Waals surface area (Å²) in [6, 6.07) is 6.02. The maximum Gasteiger partial charge on any atom is 0.409 e. The van der Waals surface area contributed by atoms with Crippen LogP contribution in [0.25, 0.3) is 11.2 Å². The second-order valence-corrected chi connectivity index (χ2v) is 7.68. The lowest BCUT2D eigenvalue weighted by Crippen LogP contribution is -2.49. The minimum atomic E-state index is -0.465. The molecule has 1 aliphatic rings. The van der Waals surface area contributed by atoms with Crippen LogP contribution in [0.15, 0.2) is 33.9 Å². The van der Waals surface area contributed by atoms with Gasteiger partial charge in [0.25, 0.3) is 5.56 Å². The summed E-state index contributed by atoms with van der Waals surface area (Å²) in [6.07, 6.45) is -0.358. The third-order valence-electron chi connectivity index (χ3n) is 5.67. The van der Waals surface area contributed by atoms with Gasteiger partial charge in [-0.15, -0.1) is 0 Å². The molecule has 0 atom stereocenters. The lowest BCUT2D eigenvalue weighted by molar-refractivity contribution is 0.105. The number of amides is 1. The van der Waals surface area contributed by atoms with Crippen molar-refractivity contribution in [3.8, 4) is 0 Å². The summed E-state index contributed by atoms with van der Waals surface area (Å²) in [7, 11) is 3.00. The molecule has 170 valence electrons. The minimum absolute atomic E-state index is 0.275. The minimum Gasteiger partial charge on any atom is -0.450 e. The molecule has 1 amide bonds. The van der Waals surface area contributed by atoms with E-state index in [4.69, 9.17) is 4.74 Å². The van der Waals surface area contributed by atoms with Crippen LogP contribution in [0.3, 0.4) is 0 Å². The van der Waals surface area contributed by atoms with Crippen LogP contribution in [-0.2, 0) is 25.4 Å². The highest BCUT2D eigenvalue weighted by Crippen LogP contribution is 2.23. The zero-order chi connectivity index (χ0) is 23.0. The fourth-order valence-corrected chi connectivity index (χ4v) is 3.90. The van der Waals surface area contributed by atoms with Crippen LogP contribution in [0, 0.1) is 5.82 Å². The van der Waals surface area contributed by atoms with Gasteiger partial charge in [0.15, 0.2) is 11.2 Å². The topological polar surface area (TPSA) is 94.6 Å². The third kappa shape index (κ3) is 3.74. The summed E-state index contributed by atoms with van der Waals surface area (Å²) in [5.41, 5.74) is 0.444. The number of carbonyl (C=O) groups is 1. The number of imidazole rings is 1. The standard InChI is InChI=1S/C21H25FN6O4/c1-4-32-21(31)27-11-9-26(10-12-27)19-23-17-16(18(29)25(3)20(30)24(17)2)28(19)13-14-5-7-15(22)8-6-14/h5-8H,4,9-13H2,1-3H3. The highest BCUT2D eigenvalue weighted by Gasteiger charge is 2.27. The molecule has 1 aliphatic heterocycles. The fraction of sp³-hybridized carbons (Fsp3) is 0.429. The largest absolute Gasteiger partial charge is 0.450 e. The van der Waals surface area contributed by atoms with Gasteiger partial charge < -0.3 is 14.5 Å². The molecular weight excluding hydrogens is 419 g/mol. The van der Waals surface area contributed by atoms with E-state index >= 15 is 0 Å². The van der Waals surface area contributed by atoms with E-state index in [0.29, 0.717) is 44.3 Å². The summed E-state index contributed by atoms with van der Waals surface area (Å²) in [5, 5.41) is 0. The molecule has 11 heteroatoms. The number of fused-ring (bicyclic) bond motifs is 1. The van der Waals surface area contributed by atoms with Gasteiger partial charge in [-0.05, 0) is 24.6 Å². The number of carbonyl (C=O) groups excluding carboxylic acids is 1. The smallest absolute Gasteiger partial charge is 0.409 e. The van der Waals surface area contributed by atoms with Crippen molar-refractivity contribution in [3.05, 3.63) is 56.5 Å². The first-order chi connectivity index (χ1) is 15.3. The highest BCUT2D eigenvalue weighted by atomic mass is 19.1. The Morgan fingerprint density at radius 3 is 2.34 bits per heavy atom. The summed E-state index contributed by atoms with van der Waals surface area (Å²) >= 11 is 0. The van der Waals surface area contributed by atoms with E-state index in [1.165, 1.54) is 23.7 Å². The van der Waals surface area contributed by atoms with Crippen LogP contribution < -0.4 is 16.1 Å². The number of benzene rings is 1. The van der Waals surface area contributed by atoms with Crippen molar-refractivity contribution in [3.63, 3.8) is 0 Å². The average Bonchev–Trinajstić information content (AvgIpc) is 3.17. The molecular formula is C21H25FN6O4. The number of rotatable bonds is 4. The van der Waals surface area contributed by atoms with Gasteiger partial charge in [0.2, 0.25) is 5.95 Å². The van der Waals surface area contributed by atoms with E-state index in [0.717, 1.165) is 10.1 Å². The van der Waals surface area contributed by atoms with Crippen LogP contribution in [0.4, 0.5) is 15.1 Å². The number of anilines is 1. The molecule has 0 unspecified atom stereocenters. The first-order valence-corrected chi connectivity index (χ1v) is 10.4. The van der Waals surface area contributed by atoms with E-state index in [2.05, 4.69) is 4.98 Å². The van der Waals surface area contributed by atoms with Gasteiger partial charge in [-0.25, -0.2) is 14.0 Å². The van der Waals surface area contributed by atoms with Crippen molar-refractivity contribution >= 4 is 23.2 Å². The van der Waals surface area contributed by atoms with Crippen molar-refractivity contribution in [1.82, 2.24) is 23.6 Å². The molecule has 10 nitrogen and oxygen atoms in total. The molecule has 3 aromatic rings. The van der Waals surface area contributed by atoms with Crippen molar-refractivity contribution in [2.24, 2.45) is 14.1 Å². The summed E-state index contributed by atoms with van der Waals surface area (Å²) in [6.45, 7) is 4.20. The fourth-order valence-electron chi connectivity index (χ4n) is 3.90. The number of hydrogen-bond acceptors (Lipinski definition) is 6. The van der Waals surface area contributed by atoms with Crippen LogP contribution in [0.5, 0.6) is 0 Å². The first-order valence-electron chi connectivity index (χ1n) is 10.4. The van der Waals surface area contributed by atoms with E-state index < -0.39 is 11.2 Å². The number of halogens is 1. The van der Waals surface area contributed by atoms with E-state index in [9.17, 15) is 18.8 Å².